The van der Waals surface area contributed by atoms with Crippen molar-refractivity contribution in [1.29, 1.82) is 0 Å². The summed E-state index contributed by atoms with van der Waals surface area (Å²) in [6.07, 6.45) is 6.69. The summed E-state index contributed by atoms with van der Waals surface area (Å²) in [6.45, 7) is 3.21. The number of nitrogens with zero attached hydrogens (tertiary/aromatic N) is 1. The van der Waals surface area contributed by atoms with Crippen LogP contribution in [-0.4, -0.2) is 37.5 Å². The van der Waals surface area contributed by atoms with E-state index >= 15 is 0 Å². The standard InChI is InChI=1S/C13H21N3O2S2/c1-3-8-14-12-11(5-4-9-15-12)20(17,18)16-10-13(19-2)6-7-13/h4-5,9,16H,3,6-8,10H2,1-2H3,(H,14,15). The van der Waals surface area contributed by atoms with E-state index < -0.39 is 10.0 Å². The Kier molecular flexibility index (Phi) is 4.93. The molecule has 0 saturated heterocycles. The Bertz CT molecular complexity index is 556. The average molecular weight is 315 g/mol. The molecule has 20 heavy (non-hydrogen) atoms. The van der Waals surface area contributed by atoms with Gasteiger partial charge in [-0.25, -0.2) is 18.1 Å². The van der Waals surface area contributed by atoms with Crippen molar-refractivity contribution in [1.82, 2.24) is 9.71 Å². The van der Waals surface area contributed by atoms with Crippen molar-refractivity contribution in [3.8, 4) is 0 Å². The molecule has 0 atom stereocenters. The third-order valence-corrected chi connectivity index (χ3v) is 6.28. The van der Waals surface area contributed by atoms with Crippen LogP contribution in [0.4, 0.5) is 5.82 Å². The molecular formula is C13H21N3O2S2. The molecule has 1 aliphatic rings. The van der Waals surface area contributed by atoms with Crippen molar-refractivity contribution >= 4 is 27.6 Å². The van der Waals surface area contributed by atoms with Crippen LogP contribution in [0.3, 0.4) is 0 Å². The van der Waals surface area contributed by atoms with Crippen LogP contribution in [-0.2, 0) is 10.0 Å². The number of anilines is 1. The van der Waals surface area contributed by atoms with E-state index in [9.17, 15) is 8.42 Å². The highest BCUT2D eigenvalue weighted by Crippen LogP contribution is 2.46. The van der Waals surface area contributed by atoms with Crippen LogP contribution in [0, 0.1) is 0 Å². The summed E-state index contributed by atoms with van der Waals surface area (Å²) < 4.78 is 27.6. The summed E-state index contributed by atoms with van der Waals surface area (Å²) in [5.41, 5.74) is 0. The Morgan fingerprint density at radius 2 is 2.20 bits per heavy atom. The Balaban J connectivity index is 2.12. The minimum absolute atomic E-state index is 0.103. The van der Waals surface area contributed by atoms with E-state index in [0.717, 1.165) is 19.3 Å². The Morgan fingerprint density at radius 1 is 1.45 bits per heavy atom. The van der Waals surface area contributed by atoms with Gasteiger partial charge >= 0.3 is 0 Å². The van der Waals surface area contributed by atoms with Gasteiger partial charge in [0, 0.05) is 24.0 Å². The molecular weight excluding hydrogens is 294 g/mol. The van der Waals surface area contributed by atoms with Crippen LogP contribution in [0.1, 0.15) is 26.2 Å². The molecule has 0 amide bonds. The van der Waals surface area contributed by atoms with Gasteiger partial charge in [0.15, 0.2) is 0 Å². The fourth-order valence-corrected chi connectivity index (χ4v) is 3.96. The molecule has 1 heterocycles. The molecule has 0 aromatic carbocycles. The van der Waals surface area contributed by atoms with Crippen LogP contribution < -0.4 is 10.0 Å². The molecule has 7 heteroatoms. The van der Waals surface area contributed by atoms with Crippen molar-refractivity contribution in [2.24, 2.45) is 0 Å². The third kappa shape index (κ3) is 3.65. The van der Waals surface area contributed by atoms with E-state index in [1.165, 1.54) is 0 Å². The van der Waals surface area contributed by atoms with Crippen molar-refractivity contribution in [3.05, 3.63) is 18.3 Å². The smallest absolute Gasteiger partial charge is 0.244 e. The second-order valence-electron chi connectivity index (χ2n) is 4.99. The summed E-state index contributed by atoms with van der Waals surface area (Å²) >= 11 is 1.73. The molecule has 1 aromatic heterocycles. The van der Waals surface area contributed by atoms with E-state index in [0.29, 0.717) is 18.9 Å². The number of thioether (sulfide) groups is 1. The zero-order valence-corrected chi connectivity index (χ0v) is 13.5. The molecule has 0 spiro atoms. The molecule has 1 fully saturated rings. The van der Waals surface area contributed by atoms with Crippen molar-refractivity contribution in [2.75, 3.05) is 24.7 Å². The van der Waals surface area contributed by atoms with Gasteiger partial charge < -0.3 is 5.32 Å². The summed E-state index contributed by atoms with van der Waals surface area (Å²) in [4.78, 5) is 4.35. The SMILES string of the molecule is CCCNc1ncccc1S(=O)(=O)NCC1(SC)CC1. The third-order valence-electron chi connectivity index (χ3n) is 3.43. The lowest BCUT2D eigenvalue weighted by Crippen LogP contribution is -2.32. The zero-order valence-electron chi connectivity index (χ0n) is 11.8. The van der Waals surface area contributed by atoms with E-state index in [-0.39, 0.29) is 9.64 Å². The zero-order chi connectivity index (χ0) is 14.6. The first-order chi connectivity index (χ1) is 9.53. The van der Waals surface area contributed by atoms with E-state index in [4.69, 9.17) is 0 Å². The number of aromatic nitrogens is 1. The monoisotopic (exact) mass is 315 g/mol. The number of hydrogen-bond acceptors (Lipinski definition) is 5. The summed E-state index contributed by atoms with van der Waals surface area (Å²) in [5, 5.41) is 3.06. The number of nitrogens with one attached hydrogen (secondary N) is 2. The first kappa shape index (κ1) is 15.6. The normalized spacial score (nSPS) is 16.9. The van der Waals surface area contributed by atoms with Gasteiger partial charge in [-0.15, -0.1) is 0 Å². The highest BCUT2D eigenvalue weighted by molar-refractivity contribution is 8.00. The van der Waals surface area contributed by atoms with Crippen LogP contribution in [0.15, 0.2) is 23.2 Å². The van der Waals surface area contributed by atoms with Gasteiger partial charge in [0.2, 0.25) is 10.0 Å². The van der Waals surface area contributed by atoms with Gasteiger partial charge in [-0.2, -0.15) is 11.8 Å². The van der Waals surface area contributed by atoms with Gasteiger partial charge in [0.25, 0.3) is 0 Å². The molecule has 0 unspecified atom stereocenters. The number of pyridine rings is 1. The predicted molar refractivity (Wildman–Crippen MR) is 83.7 cm³/mol. The van der Waals surface area contributed by atoms with Gasteiger partial charge in [-0.05, 0) is 37.7 Å². The van der Waals surface area contributed by atoms with Crippen LogP contribution >= 0.6 is 11.8 Å². The van der Waals surface area contributed by atoms with Crippen molar-refractivity contribution in [3.63, 3.8) is 0 Å². The largest absolute Gasteiger partial charge is 0.369 e. The number of hydrogen-bond donors (Lipinski definition) is 2. The van der Waals surface area contributed by atoms with E-state index in [1.54, 1.807) is 30.1 Å². The molecule has 1 aromatic rings. The van der Waals surface area contributed by atoms with Crippen molar-refractivity contribution in [2.45, 2.75) is 35.8 Å². The maximum atomic E-state index is 12.4. The van der Waals surface area contributed by atoms with Crippen LogP contribution in [0.5, 0.6) is 0 Å². The summed E-state index contributed by atoms with van der Waals surface area (Å²) in [6, 6.07) is 3.24. The predicted octanol–water partition coefficient (Wildman–Crippen LogP) is 2.08. The topological polar surface area (TPSA) is 71.1 Å². The van der Waals surface area contributed by atoms with Crippen molar-refractivity contribution < 1.29 is 8.42 Å². The molecule has 5 nitrogen and oxygen atoms in total. The lowest BCUT2D eigenvalue weighted by Gasteiger charge is -2.15. The first-order valence-corrected chi connectivity index (χ1v) is 9.47. The molecule has 0 radical (unpaired) electrons. The van der Waals surface area contributed by atoms with Crippen LogP contribution in [0.2, 0.25) is 0 Å². The number of sulfonamides is 1. The molecule has 1 aliphatic carbocycles. The van der Waals surface area contributed by atoms with Gasteiger partial charge in [-0.3, -0.25) is 0 Å². The lowest BCUT2D eigenvalue weighted by molar-refractivity contribution is 0.579. The second kappa shape index (κ2) is 6.32. The fourth-order valence-electron chi connectivity index (χ4n) is 1.88. The summed E-state index contributed by atoms with van der Waals surface area (Å²) in [5.74, 6) is 0.427. The average Bonchev–Trinajstić information content (AvgIpc) is 3.24. The Hall–Kier alpha value is -0.790. The van der Waals surface area contributed by atoms with E-state index in [1.807, 2.05) is 13.2 Å². The molecule has 112 valence electrons. The minimum Gasteiger partial charge on any atom is -0.369 e. The van der Waals surface area contributed by atoms with E-state index in [2.05, 4.69) is 15.0 Å². The first-order valence-electron chi connectivity index (χ1n) is 6.77. The molecule has 0 bridgehead atoms. The Morgan fingerprint density at radius 3 is 2.80 bits per heavy atom. The molecule has 2 rings (SSSR count). The molecule has 1 saturated carbocycles. The maximum absolute atomic E-state index is 12.4. The summed E-state index contributed by atoms with van der Waals surface area (Å²) in [7, 11) is -3.51. The van der Waals surface area contributed by atoms with Gasteiger partial charge in [0.05, 0.1) is 0 Å². The molecule has 0 aliphatic heterocycles. The Labute approximate surface area is 125 Å². The fraction of sp³-hybridized carbons (Fsp3) is 0.615. The maximum Gasteiger partial charge on any atom is 0.244 e. The van der Waals surface area contributed by atoms with Gasteiger partial charge in [0.1, 0.15) is 10.7 Å². The molecule has 2 N–H and O–H groups in total. The lowest BCUT2D eigenvalue weighted by atomic mass is 10.4. The number of rotatable bonds is 8. The second-order valence-corrected chi connectivity index (χ2v) is 8.00. The minimum atomic E-state index is -3.51. The quantitative estimate of drug-likeness (QED) is 0.768. The highest BCUT2D eigenvalue weighted by atomic mass is 32.2. The highest BCUT2D eigenvalue weighted by Gasteiger charge is 2.42. The van der Waals surface area contributed by atoms with Crippen LogP contribution in [0.25, 0.3) is 0 Å². The van der Waals surface area contributed by atoms with Gasteiger partial charge in [-0.1, -0.05) is 6.92 Å².